The van der Waals surface area contributed by atoms with Gasteiger partial charge in [-0.25, -0.2) is 0 Å². The molecule has 0 aliphatic heterocycles. The van der Waals surface area contributed by atoms with Gasteiger partial charge in [0.25, 0.3) is 0 Å². The Morgan fingerprint density at radius 2 is 1.67 bits per heavy atom. The van der Waals surface area contributed by atoms with Crippen molar-refractivity contribution in [2.75, 3.05) is 13.2 Å². The van der Waals surface area contributed by atoms with Crippen LogP contribution in [0, 0.1) is 0 Å². The predicted octanol–water partition coefficient (Wildman–Crippen LogP) is 4.22. The van der Waals surface area contributed by atoms with Gasteiger partial charge in [0.1, 0.15) is 5.78 Å². The summed E-state index contributed by atoms with van der Waals surface area (Å²) in [7, 11) is -3.48. The molecular formula is C11H16Cl2NO3P. The van der Waals surface area contributed by atoms with Crippen LogP contribution in [-0.2, 0) is 13.6 Å². The Morgan fingerprint density at radius 3 is 2.06 bits per heavy atom. The first-order valence-electron chi connectivity index (χ1n) is 5.54. The zero-order chi connectivity index (χ0) is 13.8. The molecule has 1 unspecified atom stereocenters. The van der Waals surface area contributed by atoms with Crippen molar-refractivity contribution in [2.45, 2.75) is 19.6 Å². The quantitative estimate of drug-likeness (QED) is 0.799. The van der Waals surface area contributed by atoms with Crippen LogP contribution in [0.15, 0.2) is 18.2 Å². The zero-order valence-corrected chi connectivity index (χ0v) is 12.6. The van der Waals surface area contributed by atoms with Gasteiger partial charge in [-0.2, -0.15) is 0 Å². The molecule has 0 saturated carbocycles. The summed E-state index contributed by atoms with van der Waals surface area (Å²) in [5.41, 5.74) is 6.35. The molecule has 0 bridgehead atoms. The predicted molar refractivity (Wildman–Crippen MR) is 74.2 cm³/mol. The lowest BCUT2D eigenvalue weighted by Gasteiger charge is -2.24. The molecule has 0 saturated heterocycles. The van der Waals surface area contributed by atoms with Crippen LogP contribution >= 0.6 is 30.8 Å². The Labute approximate surface area is 117 Å². The third-order valence-electron chi connectivity index (χ3n) is 2.25. The number of nitrogens with two attached hydrogens (primary N) is 1. The van der Waals surface area contributed by atoms with E-state index in [9.17, 15) is 4.57 Å². The Kier molecular flexibility index (Phi) is 6.12. The van der Waals surface area contributed by atoms with Gasteiger partial charge >= 0.3 is 7.60 Å². The monoisotopic (exact) mass is 311 g/mol. The summed E-state index contributed by atoms with van der Waals surface area (Å²) in [6, 6.07) is 4.95. The molecule has 102 valence electrons. The smallest absolute Gasteiger partial charge is 0.314 e. The van der Waals surface area contributed by atoms with E-state index in [2.05, 4.69) is 0 Å². The van der Waals surface area contributed by atoms with Gasteiger partial charge in [0, 0.05) is 15.6 Å². The van der Waals surface area contributed by atoms with Crippen molar-refractivity contribution in [3.05, 3.63) is 33.8 Å². The molecule has 1 atom stereocenters. The van der Waals surface area contributed by atoms with E-state index in [1.54, 1.807) is 32.0 Å². The maximum absolute atomic E-state index is 12.5. The minimum absolute atomic E-state index is 0.229. The molecule has 0 radical (unpaired) electrons. The lowest BCUT2D eigenvalue weighted by atomic mass is 10.2. The summed E-state index contributed by atoms with van der Waals surface area (Å²) >= 11 is 12.1. The molecule has 7 heteroatoms. The van der Waals surface area contributed by atoms with Crippen molar-refractivity contribution in [3.63, 3.8) is 0 Å². The fraction of sp³-hybridized carbons (Fsp3) is 0.455. The SMILES string of the molecule is CCOP(=O)(OCC)C(N)c1c(Cl)cccc1Cl. The molecule has 0 aliphatic carbocycles. The third-order valence-corrected chi connectivity index (χ3v) is 5.09. The van der Waals surface area contributed by atoms with Gasteiger partial charge in [0.15, 0.2) is 0 Å². The highest BCUT2D eigenvalue weighted by Crippen LogP contribution is 2.60. The second-order valence-electron chi connectivity index (χ2n) is 3.46. The number of rotatable bonds is 6. The maximum Gasteiger partial charge on any atom is 0.351 e. The molecule has 18 heavy (non-hydrogen) atoms. The highest BCUT2D eigenvalue weighted by Gasteiger charge is 2.36. The van der Waals surface area contributed by atoms with Crippen LogP contribution in [0.3, 0.4) is 0 Å². The molecule has 1 rings (SSSR count). The molecule has 2 N–H and O–H groups in total. The first-order chi connectivity index (χ1) is 8.46. The van der Waals surface area contributed by atoms with E-state index in [1.807, 2.05) is 0 Å². The van der Waals surface area contributed by atoms with E-state index in [4.69, 9.17) is 38.0 Å². The zero-order valence-electron chi connectivity index (χ0n) is 10.2. The number of halogens is 2. The molecule has 0 aliphatic rings. The highest BCUT2D eigenvalue weighted by molar-refractivity contribution is 7.54. The Bertz CT molecular complexity index is 426. The van der Waals surface area contributed by atoms with E-state index >= 15 is 0 Å². The average molecular weight is 312 g/mol. The first-order valence-corrected chi connectivity index (χ1v) is 7.91. The van der Waals surface area contributed by atoms with E-state index in [1.165, 1.54) is 0 Å². The summed E-state index contributed by atoms with van der Waals surface area (Å²) in [5, 5.41) is 0.685. The molecule has 1 aromatic rings. The fourth-order valence-electron chi connectivity index (χ4n) is 1.51. The minimum Gasteiger partial charge on any atom is -0.314 e. The van der Waals surface area contributed by atoms with Crippen molar-refractivity contribution in [3.8, 4) is 0 Å². The minimum atomic E-state index is -3.48. The highest BCUT2D eigenvalue weighted by atomic mass is 35.5. The summed E-state index contributed by atoms with van der Waals surface area (Å²) in [5.74, 6) is -1.00. The summed E-state index contributed by atoms with van der Waals surface area (Å²) < 4.78 is 22.9. The number of benzene rings is 1. The first kappa shape index (κ1) is 16.0. The van der Waals surface area contributed by atoms with Gasteiger partial charge in [0.05, 0.1) is 13.2 Å². The van der Waals surface area contributed by atoms with Crippen LogP contribution in [0.4, 0.5) is 0 Å². The van der Waals surface area contributed by atoms with Gasteiger partial charge in [-0.15, -0.1) is 0 Å². The Balaban J connectivity index is 3.17. The van der Waals surface area contributed by atoms with Crippen LogP contribution in [-0.4, -0.2) is 13.2 Å². The maximum atomic E-state index is 12.5. The lowest BCUT2D eigenvalue weighted by Crippen LogP contribution is -2.16. The number of hydrogen-bond acceptors (Lipinski definition) is 4. The molecule has 0 spiro atoms. The fourth-order valence-corrected chi connectivity index (χ4v) is 4.00. The lowest BCUT2D eigenvalue weighted by molar-refractivity contribution is 0.212. The van der Waals surface area contributed by atoms with Crippen LogP contribution in [0.2, 0.25) is 10.0 Å². The average Bonchev–Trinajstić information content (AvgIpc) is 2.29. The van der Waals surface area contributed by atoms with E-state index < -0.39 is 13.4 Å². The van der Waals surface area contributed by atoms with Crippen molar-refractivity contribution < 1.29 is 13.6 Å². The van der Waals surface area contributed by atoms with E-state index in [0.717, 1.165) is 0 Å². The van der Waals surface area contributed by atoms with Gasteiger partial charge in [0.2, 0.25) is 0 Å². The molecule has 4 nitrogen and oxygen atoms in total. The van der Waals surface area contributed by atoms with Crippen molar-refractivity contribution in [1.29, 1.82) is 0 Å². The molecule has 0 fully saturated rings. The summed E-state index contributed by atoms with van der Waals surface area (Å²) in [4.78, 5) is 0. The molecular weight excluding hydrogens is 296 g/mol. The van der Waals surface area contributed by atoms with Crippen molar-refractivity contribution >= 4 is 30.8 Å². The van der Waals surface area contributed by atoms with Gasteiger partial charge < -0.3 is 14.8 Å². The molecule has 1 aromatic carbocycles. The van der Waals surface area contributed by atoms with Crippen LogP contribution in [0.1, 0.15) is 25.2 Å². The second kappa shape index (κ2) is 6.90. The molecule has 0 heterocycles. The third kappa shape index (κ3) is 3.47. The molecule has 0 amide bonds. The topological polar surface area (TPSA) is 61.5 Å². The van der Waals surface area contributed by atoms with Crippen molar-refractivity contribution in [2.24, 2.45) is 5.73 Å². The van der Waals surface area contributed by atoms with E-state index in [-0.39, 0.29) is 13.2 Å². The van der Waals surface area contributed by atoms with Gasteiger partial charge in [-0.1, -0.05) is 29.3 Å². The normalized spacial score (nSPS) is 13.6. The van der Waals surface area contributed by atoms with Gasteiger partial charge in [-0.05, 0) is 26.0 Å². The summed E-state index contributed by atoms with van der Waals surface area (Å²) in [6.45, 7) is 3.89. The Hall–Kier alpha value is -0.0900. The van der Waals surface area contributed by atoms with Gasteiger partial charge in [-0.3, -0.25) is 4.57 Å². The largest absolute Gasteiger partial charge is 0.351 e. The van der Waals surface area contributed by atoms with Crippen LogP contribution in [0.5, 0.6) is 0 Å². The van der Waals surface area contributed by atoms with Crippen LogP contribution < -0.4 is 5.73 Å². The number of hydrogen-bond donors (Lipinski definition) is 1. The standard InChI is InChI=1S/C11H16Cl2NO3P/c1-3-16-18(15,17-4-2)11(14)10-8(12)6-5-7-9(10)13/h5-7,11H,3-4,14H2,1-2H3. The Morgan fingerprint density at radius 1 is 1.22 bits per heavy atom. The van der Waals surface area contributed by atoms with Crippen molar-refractivity contribution in [1.82, 2.24) is 0 Å². The summed E-state index contributed by atoms with van der Waals surface area (Å²) in [6.07, 6.45) is 0. The van der Waals surface area contributed by atoms with Crippen LogP contribution in [0.25, 0.3) is 0 Å². The van der Waals surface area contributed by atoms with E-state index in [0.29, 0.717) is 15.6 Å². The second-order valence-corrected chi connectivity index (χ2v) is 6.42. The molecule has 0 aromatic heterocycles.